The van der Waals surface area contributed by atoms with Gasteiger partial charge in [0.2, 0.25) is 0 Å². The van der Waals surface area contributed by atoms with Gasteiger partial charge in [0, 0.05) is 18.7 Å². The van der Waals surface area contributed by atoms with E-state index in [4.69, 9.17) is 10.00 Å². The van der Waals surface area contributed by atoms with Crippen molar-refractivity contribution in [3.63, 3.8) is 0 Å². The first-order valence-electron chi connectivity index (χ1n) is 7.71. The van der Waals surface area contributed by atoms with Crippen LogP contribution in [0.5, 0.6) is 5.75 Å². The molecule has 1 aromatic rings. The molecule has 1 fully saturated rings. The van der Waals surface area contributed by atoms with Crippen molar-refractivity contribution in [1.82, 2.24) is 5.32 Å². The number of ether oxygens (including phenoxy) is 1. The van der Waals surface area contributed by atoms with Gasteiger partial charge in [-0.05, 0) is 43.4 Å². The van der Waals surface area contributed by atoms with Crippen molar-refractivity contribution in [2.24, 2.45) is 5.92 Å². The lowest BCUT2D eigenvalue weighted by molar-refractivity contribution is 0.147. The average Bonchev–Trinajstić information content (AvgIpc) is 2.54. The highest BCUT2D eigenvalue weighted by Crippen LogP contribution is 2.27. The van der Waals surface area contributed by atoms with Crippen LogP contribution in [-0.2, 0) is 0 Å². The lowest BCUT2D eigenvalue weighted by Gasteiger charge is -2.33. The molecule has 21 heavy (non-hydrogen) atoms. The van der Waals surface area contributed by atoms with Crippen molar-refractivity contribution >= 4 is 0 Å². The van der Waals surface area contributed by atoms with E-state index >= 15 is 0 Å². The van der Waals surface area contributed by atoms with Crippen molar-refractivity contribution in [3.8, 4) is 11.8 Å². The van der Waals surface area contributed by atoms with E-state index < -0.39 is 0 Å². The van der Waals surface area contributed by atoms with Crippen LogP contribution < -0.4 is 10.1 Å². The molecular weight excluding hydrogens is 264 g/mol. The van der Waals surface area contributed by atoms with Gasteiger partial charge >= 0.3 is 0 Å². The fourth-order valence-corrected chi connectivity index (χ4v) is 3.03. The summed E-state index contributed by atoms with van der Waals surface area (Å²) in [5, 5.41) is 21.6. The predicted octanol–water partition coefficient (Wildman–Crippen LogP) is 2.79. The summed E-state index contributed by atoms with van der Waals surface area (Å²) >= 11 is 0. The highest BCUT2D eigenvalue weighted by atomic mass is 16.5. The number of nitriles is 1. The molecule has 0 heterocycles. The Bertz CT molecular complexity index is 467. The fraction of sp³-hybridized carbons (Fsp3) is 0.588. The number of hydrogen-bond acceptors (Lipinski definition) is 4. The molecule has 1 aliphatic carbocycles. The van der Waals surface area contributed by atoms with Crippen molar-refractivity contribution in [2.75, 3.05) is 13.2 Å². The molecule has 0 radical (unpaired) electrons. The van der Waals surface area contributed by atoms with Gasteiger partial charge < -0.3 is 15.2 Å². The molecule has 3 atom stereocenters. The van der Waals surface area contributed by atoms with Gasteiger partial charge in [-0.15, -0.1) is 0 Å². The lowest BCUT2D eigenvalue weighted by Crippen LogP contribution is -2.41. The molecule has 3 unspecified atom stereocenters. The normalized spacial score (nSPS) is 23.3. The number of nitrogens with zero attached hydrogens (tertiary/aromatic N) is 1. The monoisotopic (exact) mass is 288 g/mol. The van der Waals surface area contributed by atoms with E-state index in [-0.39, 0.29) is 19.3 Å². The number of nitrogens with one attached hydrogen (secondary N) is 1. The second-order valence-corrected chi connectivity index (χ2v) is 5.74. The third kappa shape index (κ3) is 4.45. The molecule has 1 aliphatic rings. The zero-order chi connectivity index (χ0) is 15.1. The Kier molecular flexibility index (Phi) is 6.04. The molecule has 114 valence electrons. The summed E-state index contributed by atoms with van der Waals surface area (Å²) in [6.45, 7) is 2.49. The molecule has 0 spiro atoms. The Morgan fingerprint density at radius 3 is 2.71 bits per heavy atom. The van der Waals surface area contributed by atoms with Gasteiger partial charge in [-0.2, -0.15) is 5.26 Å². The molecule has 0 aromatic heterocycles. The molecule has 2 N–H and O–H groups in total. The molecule has 4 heteroatoms. The molecule has 0 amide bonds. The highest BCUT2D eigenvalue weighted by molar-refractivity contribution is 5.29. The SMILES string of the molecule is CC(NC1CCCCC1CO)c1ccc(OCC#N)cc1. The van der Waals surface area contributed by atoms with Crippen molar-refractivity contribution in [2.45, 2.75) is 44.7 Å². The second kappa shape index (κ2) is 8.02. The molecular formula is C17H24N2O2. The van der Waals surface area contributed by atoms with Gasteiger partial charge in [0.25, 0.3) is 0 Å². The minimum Gasteiger partial charge on any atom is -0.479 e. The van der Waals surface area contributed by atoms with Crippen molar-refractivity contribution < 1.29 is 9.84 Å². The van der Waals surface area contributed by atoms with Crippen LogP contribution in [-0.4, -0.2) is 24.4 Å². The number of rotatable bonds is 6. The fourth-order valence-electron chi connectivity index (χ4n) is 3.03. The van der Waals surface area contributed by atoms with Crippen LogP contribution in [0.1, 0.15) is 44.2 Å². The molecule has 1 aromatic carbocycles. The van der Waals surface area contributed by atoms with Crippen molar-refractivity contribution in [3.05, 3.63) is 29.8 Å². The van der Waals surface area contributed by atoms with Crippen LogP contribution >= 0.6 is 0 Å². The van der Waals surface area contributed by atoms with E-state index in [0.29, 0.717) is 12.0 Å². The predicted molar refractivity (Wildman–Crippen MR) is 81.9 cm³/mol. The molecule has 0 aliphatic heterocycles. The summed E-state index contributed by atoms with van der Waals surface area (Å²) < 4.78 is 5.26. The summed E-state index contributed by atoms with van der Waals surface area (Å²) in [5.41, 5.74) is 1.20. The van der Waals surface area contributed by atoms with E-state index in [1.54, 1.807) is 0 Å². The van der Waals surface area contributed by atoms with E-state index in [0.717, 1.165) is 18.6 Å². The van der Waals surface area contributed by atoms with Crippen molar-refractivity contribution in [1.29, 1.82) is 5.26 Å². The Hall–Kier alpha value is -1.57. The number of hydrogen-bond donors (Lipinski definition) is 2. The summed E-state index contributed by atoms with van der Waals surface area (Å²) in [5.74, 6) is 1.10. The summed E-state index contributed by atoms with van der Waals surface area (Å²) in [6.07, 6.45) is 4.71. The lowest BCUT2D eigenvalue weighted by atomic mass is 9.84. The smallest absolute Gasteiger partial charge is 0.174 e. The number of benzene rings is 1. The van der Waals surface area contributed by atoms with Gasteiger partial charge in [0.1, 0.15) is 11.8 Å². The van der Waals surface area contributed by atoms with E-state index in [1.807, 2.05) is 30.3 Å². The summed E-state index contributed by atoms with van der Waals surface area (Å²) in [4.78, 5) is 0. The molecule has 2 rings (SSSR count). The molecule has 0 bridgehead atoms. The topological polar surface area (TPSA) is 65.3 Å². The first-order chi connectivity index (χ1) is 10.2. The average molecular weight is 288 g/mol. The standard InChI is InChI=1S/C17H24N2O2/c1-13(19-17-5-3-2-4-15(17)12-20)14-6-8-16(9-7-14)21-11-10-18/h6-9,13,15,17,19-20H,2-5,11-12H2,1H3. The number of aliphatic hydroxyl groups is 1. The van der Waals surface area contributed by atoms with Gasteiger partial charge in [-0.25, -0.2) is 0 Å². The Morgan fingerprint density at radius 2 is 2.05 bits per heavy atom. The zero-order valence-corrected chi connectivity index (χ0v) is 12.6. The quantitative estimate of drug-likeness (QED) is 0.845. The van der Waals surface area contributed by atoms with E-state index in [2.05, 4.69) is 12.2 Å². The Morgan fingerprint density at radius 1 is 1.33 bits per heavy atom. The van der Waals surface area contributed by atoms with Crippen LogP contribution in [0.3, 0.4) is 0 Å². The molecule has 1 saturated carbocycles. The summed E-state index contributed by atoms with van der Waals surface area (Å²) in [6, 6.07) is 10.5. The van der Waals surface area contributed by atoms with Crippen LogP contribution in [0.15, 0.2) is 24.3 Å². The second-order valence-electron chi connectivity index (χ2n) is 5.74. The third-order valence-corrected chi connectivity index (χ3v) is 4.29. The van der Waals surface area contributed by atoms with Crippen LogP contribution in [0.4, 0.5) is 0 Å². The first-order valence-corrected chi connectivity index (χ1v) is 7.71. The molecule has 4 nitrogen and oxygen atoms in total. The van der Waals surface area contributed by atoms with Gasteiger partial charge in [-0.1, -0.05) is 25.0 Å². The minimum absolute atomic E-state index is 0.0768. The maximum atomic E-state index is 9.48. The maximum Gasteiger partial charge on any atom is 0.174 e. The van der Waals surface area contributed by atoms with Crippen LogP contribution in [0, 0.1) is 17.2 Å². The van der Waals surface area contributed by atoms with E-state index in [1.165, 1.54) is 18.4 Å². The first kappa shape index (κ1) is 15.8. The summed E-state index contributed by atoms with van der Waals surface area (Å²) in [7, 11) is 0. The molecule has 0 saturated heterocycles. The van der Waals surface area contributed by atoms with Crippen LogP contribution in [0.25, 0.3) is 0 Å². The zero-order valence-electron chi connectivity index (χ0n) is 12.6. The van der Waals surface area contributed by atoms with Gasteiger partial charge in [0.05, 0.1) is 0 Å². The van der Waals surface area contributed by atoms with E-state index in [9.17, 15) is 5.11 Å². The highest BCUT2D eigenvalue weighted by Gasteiger charge is 2.25. The number of aliphatic hydroxyl groups excluding tert-OH is 1. The minimum atomic E-state index is 0.0768. The third-order valence-electron chi connectivity index (χ3n) is 4.29. The maximum absolute atomic E-state index is 9.48. The largest absolute Gasteiger partial charge is 0.479 e. The Balaban J connectivity index is 1.93. The van der Waals surface area contributed by atoms with Crippen LogP contribution in [0.2, 0.25) is 0 Å². The Labute approximate surface area is 126 Å². The van der Waals surface area contributed by atoms with Gasteiger partial charge in [0.15, 0.2) is 6.61 Å². The van der Waals surface area contributed by atoms with Gasteiger partial charge in [-0.3, -0.25) is 0 Å².